The summed E-state index contributed by atoms with van der Waals surface area (Å²) in [6, 6.07) is 50.9. The molecule has 0 radical (unpaired) electrons. The molecule has 64 heavy (non-hydrogen) atoms. The molecule has 0 unspecified atom stereocenters. The number of benzene rings is 7. The molecule has 10 aromatic rings. The Morgan fingerprint density at radius 3 is 0.891 bits per heavy atom. The minimum atomic E-state index is 0.412. The molecule has 0 saturated heterocycles. The first-order valence-electron chi connectivity index (χ1n) is 22.6. The third-order valence-corrected chi connectivity index (χ3v) is 12.5. The van der Waals surface area contributed by atoms with Gasteiger partial charge in [-0.25, -0.2) is 19.9 Å². The fraction of sp³-hybridized carbons (Fsp3) is 0.207. The lowest BCUT2D eigenvalue weighted by atomic mass is 9.90. The minimum absolute atomic E-state index is 0.412. The standard InChI is InChI=1S/C58H52N4O2/c1-33(2)45-29-51-53(31-47(45)35(5)6)63-57(61-51)43-25-17-39(18-26-43)37-13-21-41(22-14-37)55-56(60-50-12-10-9-11-49(50)59-55)42-23-15-38(16-24-42)40-19-27-44(28-20-40)58-62-52-30-46(34(3)4)48(36(7)8)32-54(52)64-58/h9-36H,1-8H3. The minimum Gasteiger partial charge on any atom is -0.436 e. The van der Waals surface area contributed by atoms with Crippen LogP contribution >= 0.6 is 0 Å². The van der Waals surface area contributed by atoms with Crippen LogP contribution < -0.4 is 0 Å². The second-order valence-electron chi connectivity index (χ2n) is 18.3. The zero-order chi connectivity index (χ0) is 44.2. The predicted molar refractivity (Wildman–Crippen MR) is 264 cm³/mol. The molecule has 316 valence electrons. The van der Waals surface area contributed by atoms with Gasteiger partial charge < -0.3 is 8.83 Å². The van der Waals surface area contributed by atoms with Crippen LogP contribution in [0, 0.1) is 0 Å². The molecule has 3 aromatic heterocycles. The Hall–Kier alpha value is -7.18. The topological polar surface area (TPSA) is 77.8 Å². The summed E-state index contributed by atoms with van der Waals surface area (Å²) in [6.07, 6.45) is 0. The molecule has 0 bridgehead atoms. The number of oxazole rings is 2. The number of rotatable bonds is 10. The van der Waals surface area contributed by atoms with Crippen LogP contribution in [0.1, 0.15) is 101 Å². The molecule has 0 aliphatic rings. The number of hydrogen-bond acceptors (Lipinski definition) is 6. The maximum Gasteiger partial charge on any atom is 0.227 e. The van der Waals surface area contributed by atoms with Gasteiger partial charge in [0, 0.05) is 22.3 Å². The van der Waals surface area contributed by atoms with Crippen molar-refractivity contribution in [1.29, 1.82) is 0 Å². The van der Waals surface area contributed by atoms with E-state index in [0.29, 0.717) is 35.5 Å². The number of aromatic nitrogens is 4. The Bertz CT molecular complexity index is 2990. The van der Waals surface area contributed by atoms with E-state index in [1.807, 2.05) is 24.3 Å². The highest BCUT2D eigenvalue weighted by atomic mass is 16.4. The summed E-state index contributed by atoms with van der Waals surface area (Å²) < 4.78 is 12.6. The average molecular weight is 837 g/mol. The molecule has 10 rings (SSSR count). The normalized spacial score (nSPS) is 12.0. The smallest absolute Gasteiger partial charge is 0.227 e. The van der Waals surface area contributed by atoms with E-state index in [1.54, 1.807) is 0 Å². The van der Waals surface area contributed by atoms with Gasteiger partial charge in [-0.1, -0.05) is 140 Å². The molecule has 0 saturated carbocycles. The Kier molecular flexibility index (Phi) is 10.5. The summed E-state index contributed by atoms with van der Waals surface area (Å²) in [5.74, 6) is 2.93. The molecule has 6 heteroatoms. The summed E-state index contributed by atoms with van der Waals surface area (Å²) in [5.41, 5.74) is 20.5. The molecular formula is C58H52N4O2. The lowest BCUT2D eigenvalue weighted by Gasteiger charge is -2.15. The van der Waals surface area contributed by atoms with Gasteiger partial charge in [0.15, 0.2) is 11.2 Å². The highest BCUT2D eigenvalue weighted by molar-refractivity contribution is 5.88. The Morgan fingerprint density at radius 2 is 0.578 bits per heavy atom. The molecule has 0 fully saturated rings. The first-order valence-corrected chi connectivity index (χ1v) is 22.6. The third-order valence-electron chi connectivity index (χ3n) is 12.5. The second-order valence-corrected chi connectivity index (χ2v) is 18.3. The molecule has 3 heterocycles. The van der Waals surface area contributed by atoms with E-state index in [4.69, 9.17) is 28.8 Å². The highest BCUT2D eigenvalue weighted by Gasteiger charge is 2.19. The lowest BCUT2D eigenvalue weighted by Crippen LogP contribution is -1.98. The lowest BCUT2D eigenvalue weighted by molar-refractivity contribution is 0.618. The summed E-state index contributed by atoms with van der Waals surface area (Å²) in [7, 11) is 0. The van der Waals surface area contributed by atoms with Crippen LogP contribution in [0.4, 0.5) is 0 Å². The maximum atomic E-state index is 6.31. The maximum absolute atomic E-state index is 6.31. The largest absolute Gasteiger partial charge is 0.436 e. The Labute approximate surface area is 375 Å². The molecule has 0 spiro atoms. The van der Waals surface area contributed by atoms with Crippen molar-refractivity contribution in [3.63, 3.8) is 0 Å². The van der Waals surface area contributed by atoms with Gasteiger partial charge >= 0.3 is 0 Å². The van der Waals surface area contributed by atoms with Gasteiger partial charge in [-0.15, -0.1) is 0 Å². The van der Waals surface area contributed by atoms with Gasteiger partial charge in [-0.3, -0.25) is 0 Å². The number of para-hydroxylation sites is 2. The van der Waals surface area contributed by atoms with E-state index in [1.165, 1.54) is 22.3 Å². The van der Waals surface area contributed by atoms with Crippen molar-refractivity contribution in [2.45, 2.75) is 79.1 Å². The molecule has 0 N–H and O–H groups in total. The summed E-state index contributed by atoms with van der Waals surface area (Å²) in [4.78, 5) is 20.2. The first kappa shape index (κ1) is 40.9. The van der Waals surface area contributed by atoms with Gasteiger partial charge in [0.1, 0.15) is 11.0 Å². The fourth-order valence-electron chi connectivity index (χ4n) is 8.91. The zero-order valence-corrected chi connectivity index (χ0v) is 37.8. The molecular weight excluding hydrogens is 785 g/mol. The number of fused-ring (bicyclic) bond motifs is 3. The van der Waals surface area contributed by atoms with E-state index in [9.17, 15) is 0 Å². The Balaban J connectivity index is 0.904. The Morgan fingerprint density at radius 1 is 0.297 bits per heavy atom. The van der Waals surface area contributed by atoms with E-state index in [-0.39, 0.29) is 0 Å². The predicted octanol–water partition coefficient (Wildman–Crippen LogP) is 16.4. The quantitative estimate of drug-likeness (QED) is 0.137. The first-order chi connectivity index (χ1) is 31.0. The van der Waals surface area contributed by atoms with Gasteiger partial charge in [-0.2, -0.15) is 0 Å². The SMILES string of the molecule is CC(C)c1cc2nc(-c3ccc(-c4ccc(-c5nc6ccccc6nc5-c5ccc(-c6ccc(-c7nc8cc(C(C)C)c(C(C)C)cc8o7)cc6)cc5)cc4)cc3)oc2cc1C(C)C. The molecule has 0 atom stereocenters. The van der Waals surface area contributed by atoms with E-state index in [2.05, 4.69) is 177 Å². The number of nitrogens with zero attached hydrogens (tertiary/aromatic N) is 4. The summed E-state index contributed by atoms with van der Waals surface area (Å²) in [5, 5.41) is 0. The van der Waals surface area contributed by atoms with Crippen LogP contribution in [0.3, 0.4) is 0 Å². The van der Waals surface area contributed by atoms with Gasteiger partial charge in [0.05, 0.1) is 22.4 Å². The number of hydrogen-bond donors (Lipinski definition) is 0. The van der Waals surface area contributed by atoms with Gasteiger partial charge in [0.2, 0.25) is 11.8 Å². The fourth-order valence-corrected chi connectivity index (χ4v) is 8.91. The molecule has 0 aliphatic carbocycles. The van der Waals surface area contributed by atoms with Gasteiger partial charge in [-0.05, 0) is 129 Å². The van der Waals surface area contributed by atoms with E-state index < -0.39 is 0 Å². The molecule has 7 aromatic carbocycles. The van der Waals surface area contributed by atoms with Crippen molar-refractivity contribution < 1.29 is 8.83 Å². The van der Waals surface area contributed by atoms with Crippen LogP contribution in [-0.4, -0.2) is 19.9 Å². The molecule has 6 nitrogen and oxygen atoms in total. The van der Waals surface area contributed by atoms with E-state index >= 15 is 0 Å². The van der Waals surface area contributed by atoms with Crippen molar-refractivity contribution >= 4 is 33.2 Å². The van der Waals surface area contributed by atoms with Crippen molar-refractivity contribution in [3.05, 3.63) is 168 Å². The van der Waals surface area contributed by atoms with Crippen molar-refractivity contribution in [1.82, 2.24) is 19.9 Å². The second kappa shape index (κ2) is 16.5. The van der Waals surface area contributed by atoms with Crippen LogP contribution in [0.2, 0.25) is 0 Å². The van der Waals surface area contributed by atoms with Gasteiger partial charge in [0.25, 0.3) is 0 Å². The van der Waals surface area contributed by atoms with Crippen LogP contribution in [0.5, 0.6) is 0 Å². The van der Waals surface area contributed by atoms with Crippen LogP contribution in [0.15, 0.2) is 154 Å². The third kappa shape index (κ3) is 7.68. The molecule has 0 aliphatic heterocycles. The van der Waals surface area contributed by atoms with Crippen molar-refractivity contribution in [2.75, 3.05) is 0 Å². The van der Waals surface area contributed by atoms with Crippen LogP contribution in [0.25, 0.3) is 101 Å². The highest BCUT2D eigenvalue weighted by Crippen LogP contribution is 2.38. The van der Waals surface area contributed by atoms with Crippen molar-refractivity contribution in [3.8, 4) is 67.7 Å². The van der Waals surface area contributed by atoms with Crippen molar-refractivity contribution in [2.24, 2.45) is 0 Å². The summed E-state index contributed by atoms with van der Waals surface area (Å²) in [6.45, 7) is 17.9. The molecule has 0 amide bonds. The monoisotopic (exact) mass is 836 g/mol. The summed E-state index contributed by atoms with van der Waals surface area (Å²) >= 11 is 0. The average Bonchev–Trinajstić information content (AvgIpc) is 3.94. The zero-order valence-electron chi connectivity index (χ0n) is 37.8. The van der Waals surface area contributed by atoms with Crippen LogP contribution in [-0.2, 0) is 0 Å². The van der Waals surface area contributed by atoms with E-state index in [0.717, 1.165) is 89.1 Å².